The molecule has 1 heterocycles. The molecular weight excluding hydrogens is 320 g/mol. The molecule has 2 aromatic carbocycles. The summed E-state index contributed by atoms with van der Waals surface area (Å²) in [6, 6.07) is 16.2. The smallest absolute Gasteiger partial charge is 0.178 e. The molecule has 0 N–H and O–H groups in total. The lowest BCUT2D eigenvalue weighted by Gasteiger charge is -2.05. The van der Waals surface area contributed by atoms with Crippen LogP contribution in [0.15, 0.2) is 58.4 Å². The molecule has 0 unspecified atom stereocenters. The molecule has 1 nitrogen and oxygen atoms in total. The van der Waals surface area contributed by atoms with Gasteiger partial charge in [-0.25, -0.2) is 0 Å². The molecule has 19 heavy (non-hydrogen) atoms. The van der Waals surface area contributed by atoms with Gasteiger partial charge in [0.1, 0.15) is 0 Å². The first kappa shape index (κ1) is 12.6. The minimum absolute atomic E-state index is 0.165. The van der Waals surface area contributed by atoms with Gasteiger partial charge in [0.2, 0.25) is 0 Å². The third kappa shape index (κ3) is 2.48. The first-order valence-corrected chi connectivity index (χ1v) is 7.66. The van der Waals surface area contributed by atoms with E-state index in [1.807, 2.05) is 35.7 Å². The van der Waals surface area contributed by atoms with E-state index >= 15 is 0 Å². The van der Waals surface area contributed by atoms with Crippen LogP contribution in [0, 0.1) is 0 Å². The van der Waals surface area contributed by atoms with E-state index in [4.69, 9.17) is 0 Å². The molecule has 3 aromatic rings. The van der Waals surface area contributed by atoms with Crippen LogP contribution in [0.1, 0.15) is 15.2 Å². The highest BCUT2D eigenvalue weighted by molar-refractivity contribution is 9.10. The number of rotatable bonds is 3. The lowest BCUT2D eigenvalue weighted by molar-refractivity contribution is 0.0996. The molecule has 0 aliphatic carbocycles. The number of hydrogen-bond donors (Lipinski definition) is 0. The number of benzene rings is 2. The molecule has 0 spiro atoms. The Bertz CT molecular complexity index is 740. The summed E-state index contributed by atoms with van der Waals surface area (Å²) >= 11 is 4.91. The number of ketones is 1. The molecule has 3 heteroatoms. The summed E-state index contributed by atoms with van der Waals surface area (Å²) in [5.41, 5.74) is 1.09. The third-order valence-electron chi connectivity index (χ3n) is 3.10. The van der Waals surface area contributed by atoms with Crippen LogP contribution in [0.5, 0.6) is 0 Å². The summed E-state index contributed by atoms with van der Waals surface area (Å²) in [7, 11) is 0. The van der Waals surface area contributed by atoms with Gasteiger partial charge in [-0.3, -0.25) is 4.79 Å². The summed E-state index contributed by atoms with van der Waals surface area (Å²) in [5, 5.41) is 4.27. The number of carbonyl (C=O) groups excluding carboxylic acids is 1. The summed E-state index contributed by atoms with van der Waals surface area (Å²) in [6.45, 7) is 0. The van der Waals surface area contributed by atoms with Gasteiger partial charge in [-0.15, -0.1) is 11.3 Å². The van der Waals surface area contributed by atoms with E-state index in [0.29, 0.717) is 6.42 Å². The molecule has 0 aliphatic rings. The Morgan fingerprint density at radius 1 is 1.05 bits per heavy atom. The summed E-state index contributed by atoms with van der Waals surface area (Å²) in [6.07, 6.45) is 0.445. The van der Waals surface area contributed by atoms with Gasteiger partial charge in [0.15, 0.2) is 5.78 Å². The molecule has 0 saturated carbocycles. The van der Waals surface area contributed by atoms with Gasteiger partial charge >= 0.3 is 0 Å². The maximum Gasteiger partial charge on any atom is 0.178 e. The van der Waals surface area contributed by atoms with Crippen molar-refractivity contribution in [3.05, 3.63) is 68.8 Å². The Hall–Kier alpha value is -1.45. The topological polar surface area (TPSA) is 17.1 Å². The van der Waals surface area contributed by atoms with E-state index in [2.05, 4.69) is 34.1 Å². The number of carbonyl (C=O) groups is 1. The number of Topliss-reactive ketones (excluding diaryl/α,β-unsaturated/α-hetero) is 1. The van der Waals surface area contributed by atoms with Crippen molar-refractivity contribution in [2.24, 2.45) is 0 Å². The standard InChI is InChI=1S/C16H11BrOS/c17-14-8-9-19-16(14)15(18)10-12-6-3-5-11-4-1-2-7-13(11)12/h1-9H,10H2. The number of hydrogen-bond acceptors (Lipinski definition) is 2. The van der Waals surface area contributed by atoms with E-state index in [-0.39, 0.29) is 5.78 Å². The molecular formula is C16H11BrOS. The van der Waals surface area contributed by atoms with Gasteiger partial charge < -0.3 is 0 Å². The van der Waals surface area contributed by atoms with E-state index in [1.165, 1.54) is 16.7 Å². The maximum absolute atomic E-state index is 12.3. The SMILES string of the molecule is O=C(Cc1cccc2ccccc12)c1sccc1Br. The Kier molecular flexibility index (Phi) is 3.49. The first-order chi connectivity index (χ1) is 9.25. The molecule has 0 amide bonds. The van der Waals surface area contributed by atoms with Gasteiger partial charge in [-0.1, -0.05) is 42.5 Å². The number of halogens is 1. The van der Waals surface area contributed by atoms with Crippen molar-refractivity contribution < 1.29 is 4.79 Å². The van der Waals surface area contributed by atoms with E-state index in [0.717, 1.165) is 20.3 Å². The van der Waals surface area contributed by atoms with Crippen LogP contribution in [0.4, 0.5) is 0 Å². The minimum atomic E-state index is 0.165. The molecule has 0 saturated heterocycles. The highest BCUT2D eigenvalue weighted by Crippen LogP contribution is 2.26. The predicted molar refractivity (Wildman–Crippen MR) is 84.0 cm³/mol. The van der Waals surface area contributed by atoms with Crippen molar-refractivity contribution in [1.29, 1.82) is 0 Å². The van der Waals surface area contributed by atoms with E-state index in [9.17, 15) is 4.79 Å². The molecule has 1 aromatic heterocycles. The molecule has 0 fully saturated rings. The lowest BCUT2D eigenvalue weighted by atomic mass is 10.00. The lowest BCUT2D eigenvalue weighted by Crippen LogP contribution is -2.02. The summed E-state index contributed by atoms with van der Waals surface area (Å²) in [4.78, 5) is 13.1. The predicted octanol–water partition coefficient (Wildman–Crippen LogP) is 5.09. The molecule has 3 rings (SSSR count). The van der Waals surface area contributed by atoms with Crippen LogP contribution >= 0.6 is 27.3 Å². The second kappa shape index (κ2) is 5.27. The zero-order chi connectivity index (χ0) is 13.2. The Labute approximate surface area is 124 Å². The second-order valence-corrected chi connectivity index (χ2v) is 6.11. The van der Waals surface area contributed by atoms with Crippen molar-refractivity contribution in [2.75, 3.05) is 0 Å². The average Bonchev–Trinajstić information content (AvgIpc) is 2.85. The van der Waals surface area contributed by atoms with Crippen molar-refractivity contribution in [3.63, 3.8) is 0 Å². The average molecular weight is 331 g/mol. The zero-order valence-electron chi connectivity index (χ0n) is 10.1. The molecule has 94 valence electrons. The van der Waals surface area contributed by atoms with E-state index < -0.39 is 0 Å². The van der Waals surface area contributed by atoms with Crippen LogP contribution in [-0.2, 0) is 6.42 Å². The van der Waals surface area contributed by atoms with Gasteiger partial charge in [-0.2, -0.15) is 0 Å². The van der Waals surface area contributed by atoms with Crippen LogP contribution in [0.2, 0.25) is 0 Å². The molecule has 0 radical (unpaired) electrons. The van der Waals surface area contributed by atoms with Crippen molar-refractivity contribution in [3.8, 4) is 0 Å². The fraction of sp³-hybridized carbons (Fsp3) is 0.0625. The summed E-state index contributed by atoms with van der Waals surface area (Å²) < 4.78 is 0.891. The first-order valence-electron chi connectivity index (χ1n) is 5.98. The molecule has 0 aliphatic heterocycles. The van der Waals surface area contributed by atoms with Gasteiger partial charge in [-0.05, 0) is 43.7 Å². The quantitative estimate of drug-likeness (QED) is 0.611. The zero-order valence-corrected chi connectivity index (χ0v) is 12.5. The third-order valence-corrected chi connectivity index (χ3v) is 4.98. The fourth-order valence-electron chi connectivity index (χ4n) is 2.19. The van der Waals surface area contributed by atoms with Gasteiger partial charge in [0.25, 0.3) is 0 Å². The number of fused-ring (bicyclic) bond motifs is 1. The molecule has 0 atom stereocenters. The van der Waals surface area contributed by atoms with Crippen molar-refractivity contribution in [1.82, 2.24) is 0 Å². The Morgan fingerprint density at radius 2 is 1.84 bits per heavy atom. The second-order valence-electron chi connectivity index (χ2n) is 4.34. The maximum atomic E-state index is 12.3. The van der Waals surface area contributed by atoms with Crippen LogP contribution in [0.25, 0.3) is 10.8 Å². The van der Waals surface area contributed by atoms with Crippen molar-refractivity contribution >= 4 is 43.8 Å². The van der Waals surface area contributed by atoms with Crippen LogP contribution in [0.3, 0.4) is 0 Å². The normalized spacial score (nSPS) is 10.8. The monoisotopic (exact) mass is 330 g/mol. The highest BCUT2D eigenvalue weighted by atomic mass is 79.9. The van der Waals surface area contributed by atoms with E-state index in [1.54, 1.807) is 0 Å². The van der Waals surface area contributed by atoms with Crippen LogP contribution in [-0.4, -0.2) is 5.78 Å². The Morgan fingerprint density at radius 3 is 2.63 bits per heavy atom. The van der Waals surface area contributed by atoms with Gasteiger partial charge in [0.05, 0.1) is 4.88 Å². The van der Waals surface area contributed by atoms with Gasteiger partial charge in [0, 0.05) is 10.9 Å². The molecule has 0 bridgehead atoms. The minimum Gasteiger partial charge on any atom is -0.293 e. The fourth-order valence-corrected chi connectivity index (χ4v) is 3.73. The highest BCUT2D eigenvalue weighted by Gasteiger charge is 2.13. The van der Waals surface area contributed by atoms with Crippen LogP contribution < -0.4 is 0 Å². The Balaban J connectivity index is 1.98. The number of thiophene rings is 1. The van der Waals surface area contributed by atoms with Crippen molar-refractivity contribution in [2.45, 2.75) is 6.42 Å². The largest absolute Gasteiger partial charge is 0.293 e. The summed E-state index contributed by atoms with van der Waals surface area (Å²) in [5.74, 6) is 0.165.